The quantitative estimate of drug-likeness (QED) is 0.645. The van der Waals surface area contributed by atoms with Gasteiger partial charge in [0.15, 0.2) is 0 Å². The van der Waals surface area contributed by atoms with Gasteiger partial charge in [0.1, 0.15) is 11.9 Å². The fraction of sp³-hybridized carbons (Fsp3) is 0.833. The molecule has 1 aliphatic rings. The van der Waals surface area contributed by atoms with Crippen molar-refractivity contribution >= 4 is 12.4 Å². The molecule has 0 N–H and O–H groups in total. The summed E-state index contributed by atoms with van der Waals surface area (Å²) in [5.74, 6) is 0.0914. The zero-order valence-corrected chi connectivity index (χ0v) is 10.5. The Bertz CT molecular complexity index is 270. The molecule has 0 saturated carbocycles. The Morgan fingerprint density at radius 2 is 2.06 bits per heavy atom. The maximum absolute atomic E-state index is 11.8. The van der Waals surface area contributed by atoms with Crippen molar-refractivity contribution in [2.24, 2.45) is 5.92 Å². The minimum Gasteiger partial charge on any atom is -0.444 e. The average molecular weight is 227 g/mol. The van der Waals surface area contributed by atoms with Gasteiger partial charge in [0, 0.05) is 18.5 Å². The van der Waals surface area contributed by atoms with Gasteiger partial charge in [0.05, 0.1) is 0 Å². The Labute approximate surface area is 96.9 Å². The lowest BCUT2D eigenvalue weighted by atomic mass is 9.93. The van der Waals surface area contributed by atoms with Crippen LogP contribution < -0.4 is 0 Å². The second-order valence-corrected chi connectivity index (χ2v) is 5.44. The summed E-state index contributed by atoms with van der Waals surface area (Å²) in [7, 11) is 0. The molecule has 0 aromatic rings. The van der Waals surface area contributed by atoms with Crippen molar-refractivity contribution in [3.8, 4) is 0 Å². The van der Waals surface area contributed by atoms with Gasteiger partial charge in [-0.1, -0.05) is 0 Å². The van der Waals surface area contributed by atoms with Crippen LogP contribution in [0.5, 0.6) is 0 Å². The Morgan fingerprint density at radius 1 is 1.44 bits per heavy atom. The molecule has 2 atom stereocenters. The zero-order chi connectivity index (χ0) is 12.3. The number of rotatable bonds is 1. The highest BCUT2D eigenvalue weighted by Crippen LogP contribution is 2.23. The van der Waals surface area contributed by atoms with Crippen molar-refractivity contribution in [2.75, 3.05) is 6.54 Å². The van der Waals surface area contributed by atoms with Gasteiger partial charge in [0.25, 0.3) is 0 Å². The van der Waals surface area contributed by atoms with Crippen molar-refractivity contribution in [1.29, 1.82) is 0 Å². The van der Waals surface area contributed by atoms with E-state index in [1.165, 1.54) is 0 Å². The lowest BCUT2D eigenvalue weighted by Crippen LogP contribution is -2.47. The molecule has 0 bridgehead atoms. The van der Waals surface area contributed by atoms with Gasteiger partial charge in [-0.25, -0.2) is 4.79 Å². The van der Waals surface area contributed by atoms with Gasteiger partial charge in [-0.05, 0) is 40.5 Å². The minimum atomic E-state index is -0.460. The first kappa shape index (κ1) is 13.0. The third-order valence-electron chi connectivity index (χ3n) is 2.74. The summed E-state index contributed by atoms with van der Waals surface area (Å²) < 4.78 is 5.32. The van der Waals surface area contributed by atoms with E-state index in [1.807, 2.05) is 27.7 Å². The van der Waals surface area contributed by atoms with Gasteiger partial charge < -0.3 is 14.4 Å². The van der Waals surface area contributed by atoms with Gasteiger partial charge in [-0.15, -0.1) is 0 Å². The number of nitrogens with zero attached hydrogens (tertiary/aromatic N) is 1. The molecule has 1 heterocycles. The van der Waals surface area contributed by atoms with E-state index in [1.54, 1.807) is 4.90 Å². The highest BCUT2D eigenvalue weighted by atomic mass is 16.6. The average Bonchev–Trinajstić information content (AvgIpc) is 2.14. The largest absolute Gasteiger partial charge is 0.444 e. The molecule has 1 saturated heterocycles. The van der Waals surface area contributed by atoms with E-state index in [-0.39, 0.29) is 18.1 Å². The van der Waals surface area contributed by atoms with E-state index in [4.69, 9.17) is 4.74 Å². The standard InChI is InChI=1S/C12H21NO3/c1-9-7-10(8-14)5-6-13(9)11(15)16-12(2,3)4/h8-10H,5-7H2,1-4H3/t9-,10-/m0/s1. The molecule has 16 heavy (non-hydrogen) atoms. The molecule has 4 heteroatoms. The zero-order valence-electron chi connectivity index (χ0n) is 10.5. The lowest BCUT2D eigenvalue weighted by molar-refractivity contribution is -0.113. The Kier molecular flexibility index (Phi) is 3.94. The van der Waals surface area contributed by atoms with Crippen LogP contribution in [-0.4, -0.2) is 35.5 Å². The predicted octanol–water partition coefficient (Wildman–Crippen LogP) is 2.22. The summed E-state index contributed by atoms with van der Waals surface area (Å²) in [6.45, 7) is 8.13. The molecule has 1 fully saturated rings. The summed E-state index contributed by atoms with van der Waals surface area (Å²) in [5.41, 5.74) is -0.460. The van der Waals surface area contributed by atoms with Crippen LogP contribution in [0.1, 0.15) is 40.5 Å². The third kappa shape index (κ3) is 3.51. The van der Waals surface area contributed by atoms with Crippen LogP contribution >= 0.6 is 0 Å². The van der Waals surface area contributed by atoms with E-state index >= 15 is 0 Å². The number of carbonyl (C=O) groups is 2. The number of likely N-dealkylation sites (tertiary alicyclic amines) is 1. The molecule has 1 rings (SSSR count). The summed E-state index contributed by atoms with van der Waals surface area (Å²) >= 11 is 0. The fourth-order valence-electron chi connectivity index (χ4n) is 1.92. The number of carbonyl (C=O) groups excluding carboxylic acids is 2. The van der Waals surface area contributed by atoms with E-state index in [0.29, 0.717) is 6.54 Å². The number of aldehydes is 1. The molecule has 0 radical (unpaired) electrons. The third-order valence-corrected chi connectivity index (χ3v) is 2.74. The summed E-state index contributed by atoms with van der Waals surface area (Å²) in [4.78, 5) is 24.2. The summed E-state index contributed by atoms with van der Waals surface area (Å²) in [6.07, 6.45) is 2.20. The fourth-order valence-corrected chi connectivity index (χ4v) is 1.92. The van der Waals surface area contributed by atoms with Crippen LogP contribution in [0.15, 0.2) is 0 Å². The van der Waals surface area contributed by atoms with Crippen LogP contribution in [0, 0.1) is 5.92 Å². The van der Waals surface area contributed by atoms with Crippen LogP contribution in [0.4, 0.5) is 4.79 Å². The smallest absolute Gasteiger partial charge is 0.410 e. The second kappa shape index (κ2) is 4.85. The van der Waals surface area contributed by atoms with Gasteiger partial charge in [0.2, 0.25) is 0 Å². The number of hydrogen-bond acceptors (Lipinski definition) is 3. The predicted molar refractivity (Wildman–Crippen MR) is 61.2 cm³/mol. The van der Waals surface area contributed by atoms with Crippen LogP contribution in [0.3, 0.4) is 0 Å². The molecular formula is C12H21NO3. The first-order chi connectivity index (χ1) is 7.33. The second-order valence-electron chi connectivity index (χ2n) is 5.44. The molecule has 1 amide bonds. The molecular weight excluding hydrogens is 206 g/mol. The molecule has 0 aliphatic carbocycles. The van der Waals surface area contributed by atoms with Crippen molar-refractivity contribution < 1.29 is 14.3 Å². The molecule has 4 nitrogen and oxygen atoms in total. The first-order valence-corrected chi connectivity index (χ1v) is 5.78. The Balaban J connectivity index is 2.55. The van der Waals surface area contributed by atoms with Crippen LogP contribution in [0.25, 0.3) is 0 Å². The Morgan fingerprint density at radius 3 is 2.50 bits per heavy atom. The first-order valence-electron chi connectivity index (χ1n) is 5.78. The minimum absolute atomic E-state index is 0.0822. The normalized spacial score (nSPS) is 26.4. The van der Waals surface area contributed by atoms with Crippen molar-refractivity contribution in [1.82, 2.24) is 4.90 Å². The lowest BCUT2D eigenvalue weighted by Gasteiger charge is -2.36. The number of piperidine rings is 1. The van der Waals surface area contributed by atoms with Crippen LogP contribution in [0.2, 0.25) is 0 Å². The maximum Gasteiger partial charge on any atom is 0.410 e. The van der Waals surface area contributed by atoms with E-state index in [9.17, 15) is 9.59 Å². The van der Waals surface area contributed by atoms with Crippen LogP contribution in [-0.2, 0) is 9.53 Å². The molecule has 0 aromatic heterocycles. The Hall–Kier alpha value is -1.06. The van der Waals surface area contributed by atoms with E-state index in [2.05, 4.69) is 0 Å². The van der Waals surface area contributed by atoms with E-state index in [0.717, 1.165) is 19.1 Å². The van der Waals surface area contributed by atoms with Gasteiger partial charge >= 0.3 is 6.09 Å². The molecule has 92 valence electrons. The maximum atomic E-state index is 11.8. The van der Waals surface area contributed by atoms with Gasteiger partial charge in [-0.2, -0.15) is 0 Å². The highest BCUT2D eigenvalue weighted by molar-refractivity contribution is 5.69. The summed E-state index contributed by atoms with van der Waals surface area (Å²) in [5, 5.41) is 0. The molecule has 0 unspecified atom stereocenters. The topological polar surface area (TPSA) is 46.6 Å². The molecule has 1 aliphatic heterocycles. The number of amides is 1. The number of ether oxygens (including phenoxy) is 1. The molecule has 0 spiro atoms. The summed E-state index contributed by atoms with van der Waals surface area (Å²) in [6, 6.07) is 0.0822. The van der Waals surface area contributed by atoms with E-state index < -0.39 is 5.60 Å². The molecule has 0 aromatic carbocycles. The monoisotopic (exact) mass is 227 g/mol. The van der Waals surface area contributed by atoms with Crippen molar-refractivity contribution in [2.45, 2.75) is 52.2 Å². The van der Waals surface area contributed by atoms with Gasteiger partial charge in [-0.3, -0.25) is 0 Å². The van der Waals surface area contributed by atoms with Crippen molar-refractivity contribution in [3.63, 3.8) is 0 Å². The highest BCUT2D eigenvalue weighted by Gasteiger charge is 2.31. The van der Waals surface area contributed by atoms with Crippen molar-refractivity contribution in [3.05, 3.63) is 0 Å². The SMILES string of the molecule is C[C@H]1C[C@@H](C=O)CCN1C(=O)OC(C)(C)C. The number of hydrogen-bond donors (Lipinski definition) is 0.